The molecule has 9 heteroatoms. The van der Waals surface area contributed by atoms with Crippen molar-refractivity contribution in [2.24, 2.45) is 5.92 Å². The van der Waals surface area contributed by atoms with Crippen LogP contribution in [-0.4, -0.2) is 25.9 Å². The van der Waals surface area contributed by atoms with Gasteiger partial charge in [-0.2, -0.15) is 5.10 Å². The second-order valence-corrected chi connectivity index (χ2v) is 8.50. The van der Waals surface area contributed by atoms with Crippen LogP contribution in [0.2, 0.25) is 0 Å². The Balaban J connectivity index is 1.59. The molecule has 2 aromatic carbocycles. The van der Waals surface area contributed by atoms with Gasteiger partial charge in [0.15, 0.2) is 0 Å². The lowest BCUT2D eigenvalue weighted by atomic mass is 10.1. The number of hydrogen-bond donors (Lipinski definition) is 1. The van der Waals surface area contributed by atoms with Crippen molar-refractivity contribution in [3.8, 4) is 17.3 Å². The van der Waals surface area contributed by atoms with E-state index in [1.165, 1.54) is 12.1 Å². The molecule has 0 radical (unpaired) electrons. The molecular weight excluding hydrogens is 440 g/mol. The summed E-state index contributed by atoms with van der Waals surface area (Å²) in [6.07, 6.45) is 1.73. The standard InChI is InChI=1S/C25H25F2N5O2/c1-15(2)7-8-22-13-23(25-30-29-16(3)34-25)31-32(22)21-6-4-5-18(11-21)24(33)28-14-17-9-19(26)12-20(27)10-17/h4-6,9-13,15H,7-8,14H2,1-3H3,(H,28,33). The number of hydrogen-bond acceptors (Lipinski definition) is 5. The summed E-state index contributed by atoms with van der Waals surface area (Å²) in [5.41, 5.74) is 2.94. The highest BCUT2D eigenvalue weighted by Crippen LogP contribution is 2.23. The summed E-state index contributed by atoms with van der Waals surface area (Å²) in [5, 5.41) is 15.3. The van der Waals surface area contributed by atoms with E-state index in [4.69, 9.17) is 4.42 Å². The predicted molar refractivity (Wildman–Crippen MR) is 122 cm³/mol. The third-order valence-corrected chi connectivity index (χ3v) is 5.23. The highest BCUT2D eigenvalue weighted by Gasteiger charge is 2.17. The van der Waals surface area contributed by atoms with Crippen molar-refractivity contribution in [3.05, 3.63) is 82.9 Å². The average Bonchev–Trinajstić information content (AvgIpc) is 3.42. The van der Waals surface area contributed by atoms with Crippen molar-refractivity contribution in [1.29, 1.82) is 0 Å². The van der Waals surface area contributed by atoms with E-state index in [1.54, 1.807) is 29.8 Å². The van der Waals surface area contributed by atoms with Gasteiger partial charge in [-0.1, -0.05) is 19.9 Å². The van der Waals surface area contributed by atoms with E-state index in [9.17, 15) is 13.6 Å². The summed E-state index contributed by atoms with van der Waals surface area (Å²) in [5.74, 6) is -0.460. The Morgan fingerprint density at radius 2 is 1.85 bits per heavy atom. The SMILES string of the molecule is Cc1nnc(-c2cc(CCC(C)C)n(-c3cccc(C(=O)NCc4cc(F)cc(F)c4)c3)n2)o1. The molecule has 2 heterocycles. The second-order valence-electron chi connectivity index (χ2n) is 8.50. The Labute approximate surface area is 195 Å². The average molecular weight is 466 g/mol. The molecule has 7 nitrogen and oxygen atoms in total. The van der Waals surface area contributed by atoms with Gasteiger partial charge in [0.2, 0.25) is 5.89 Å². The van der Waals surface area contributed by atoms with E-state index in [2.05, 4.69) is 34.5 Å². The van der Waals surface area contributed by atoms with Crippen LogP contribution in [0, 0.1) is 24.5 Å². The van der Waals surface area contributed by atoms with Crippen LogP contribution in [-0.2, 0) is 13.0 Å². The van der Waals surface area contributed by atoms with E-state index in [-0.39, 0.29) is 12.5 Å². The summed E-state index contributed by atoms with van der Waals surface area (Å²) in [6.45, 7) is 6.02. The van der Waals surface area contributed by atoms with Crippen molar-refractivity contribution < 1.29 is 18.0 Å². The molecule has 4 aromatic rings. The van der Waals surface area contributed by atoms with Crippen LogP contribution in [0.25, 0.3) is 17.3 Å². The molecule has 0 saturated heterocycles. The number of aromatic nitrogens is 4. The van der Waals surface area contributed by atoms with E-state index >= 15 is 0 Å². The molecule has 1 N–H and O–H groups in total. The molecule has 0 unspecified atom stereocenters. The first kappa shape index (κ1) is 23.3. The van der Waals surface area contributed by atoms with Gasteiger partial charge in [-0.15, -0.1) is 10.2 Å². The summed E-state index contributed by atoms with van der Waals surface area (Å²) in [6, 6.07) is 12.1. The zero-order valence-corrected chi connectivity index (χ0v) is 19.2. The smallest absolute Gasteiger partial charge is 0.268 e. The van der Waals surface area contributed by atoms with Crippen LogP contribution in [0.15, 0.2) is 52.9 Å². The van der Waals surface area contributed by atoms with Crippen molar-refractivity contribution in [2.75, 3.05) is 0 Å². The number of aryl methyl sites for hydroxylation is 2. The molecule has 0 aliphatic heterocycles. The molecule has 4 rings (SSSR count). The Bertz CT molecular complexity index is 1290. The number of halogens is 2. The number of benzene rings is 2. The maximum absolute atomic E-state index is 13.4. The fourth-order valence-electron chi connectivity index (χ4n) is 3.54. The largest absolute Gasteiger partial charge is 0.420 e. The molecule has 176 valence electrons. The van der Waals surface area contributed by atoms with E-state index < -0.39 is 11.6 Å². The van der Waals surface area contributed by atoms with Gasteiger partial charge in [0, 0.05) is 30.8 Å². The van der Waals surface area contributed by atoms with Crippen molar-refractivity contribution in [3.63, 3.8) is 0 Å². The lowest BCUT2D eigenvalue weighted by Gasteiger charge is -2.11. The van der Waals surface area contributed by atoms with Crippen LogP contribution in [0.3, 0.4) is 0 Å². The minimum Gasteiger partial charge on any atom is -0.420 e. The van der Waals surface area contributed by atoms with Gasteiger partial charge >= 0.3 is 0 Å². The first-order valence-corrected chi connectivity index (χ1v) is 11.0. The van der Waals surface area contributed by atoms with E-state index in [1.807, 2.05) is 12.1 Å². The molecule has 0 atom stereocenters. The van der Waals surface area contributed by atoms with Crippen molar-refractivity contribution in [2.45, 2.75) is 40.2 Å². The van der Waals surface area contributed by atoms with E-state index in [0.29, 0.717) is 40.2 Å². The fraction of sp³-hybridized carbons (Fsp3) is 0.280. The lowest BCUT2D eigenvalue weighted by molar-refractivity contribution is 0.0950. The first-order valence-electron chi connectivity index (χ1n) is 11.0. The summed E-state index contributed by atoms with van der Waals surface area (Å²) in [7, 11) is 0. The number of nitrogens with zero attached hydrogens (tertiary/aromatic N) is 4. The van der Waals surface area contributed by atoms with Crippen LogP contribution in [0.5, 0.6) is 0 Å². The molecule has 1 amide bonds. The number of carbonyl (C=O) groups excluding carboxylic acids is 1. The third-order valence-electron chi connectivity index (χ3n) is 5.23. The van der Waals surface area contributed by atoms with Crippen LogP contribution in [0.1, 0.15) is 47.8 Å². The van der Waals surface area contributed by atoms with E-state index in [0.717, 1.165) is 24.6 Å². The predicted octanol–water partition coefficient (Wildman–Crippen LogP) is 5.03. The molecule has 0 aliphatic carbocycles. The summed E-state index contributed by atoms with van der Waals surface area (Å²) < 4.78 is 34.1. The van der Waals surface area contributed by atoms with Gasteiger partial charge in [0.1, 0.15) is 17.3 Å². The molecule has 2 aromatic heterocycles. The highest BCUT2D eigenvalue weighted by molar-refractivity contribution is 5.94. The minimum absolute atomic E-state index is 0.000187. The highest BCUT2D eigenvalue weighted by atomic mass is 19.1. The Kier molecular flexibility index (Phi) is 6.81. The molecule has 0 spiro atoms. The lowest BCUT2D eigenvalue weighted by Crippen LogP contribution is -2.23. The van der Waals surface area contributed by atoms with Gasteiger partial charge in [-0.25, -0.2) is 13.5 Å². The topological polar surface area (TPSA) is 85.8 Å². The number of nitrogens with one attached hydrogen (secondary N) is 1. The Morgan fingerprint density at radius 3 is 2.53 bits per heavy atom. The van der Waals surface area contributed by atoms with Crippen LogP contribution in [0.4, 0.5) is 8.78 Å². The Hall–Kier alpha value is -3.88. The number of carbonyl (C=O) groups is 1. The minimum atomic E-state index is -0.689. The second kappa shape index (κ2) is 9.94. The number of rotatable bonds is 8. The van der Waals surface area contributed by atoms with Gasteiger partial charge in [-0.3, -0.25) is 4.79 Å². The summed E-state index contributed by atoms with van der Waals surface area (Å²) in [4.78, 5) is 12.7. The van der Waals surface area contributed by atoms with Crippen LogP contribution < -0.4 is 5.32 Å². The first-order chi connectivity index (χ1) is 16.3. The van der Waals surface area contributed by atoms with Crippen molar-refractivity contribution in [1.82, 2.24) is 25.3 Å². The van der Waals surface area contributed by atoms with Gasteiger partial charge < -0.3 is 9.73 Å². The zero-order valence-electron chi connectivity index (χ0n) is 19.2. The van der Waals surface area contributed by atoms with Crippen LogP contribution >= 0.6 is 0 Å². The molecule has 34 heavy (non-hydrogen) atoms. The molecular formula is C25H25F2N5O2. The number of amides is 1. The molecule has 0 bridgehead atoms. The molecule has 0 aliphatic rings. The molecule has 0 saturated carbocycles. The monoisotopic (exact) mass is 465 g/mol. The summed E-state index contributed by atoms with van der Waals surface area (Å²) >= 11 is 0. The Morgan fingerprint density at radius 1 is 1.09 bits per heavy atom. The van der Waals surface area contributed by atoms with Crippen molar-refractivity contribution >= 4 is 5.91 Å². The normalized spacial score (nSPS) is 11.2. The zero-order chi connectivity index (χ0) is 24.2. The van der Waals surface area contributed by atoms with Gasteiger partial charge in [0.25, 0.3) is 11.8 Å². The quantitative estimate of drug-likeness (QED) is 0.395. The van der Waals surface area contributed by atoms with Gasteiger partial charge in [0.05, 0.1) is 5.69 Å². The maximum atomic E-state index is 13.4. The maximum Gasteiger partial charge on any atom is 0.268 e. The third kappa shape index (κ3) is 5.54. The fourth-order valence-corrected chi connectivity index (χ4v) is 3.54. The molecule has 0 fully saturated rings. The van der Waals surface area contributed by atoms with Gasteiger partial charge in [-0.05, 0) is 60.7 Å².